The average Bonchev–Trinajstić information content (AvgIpc) is 2.72. The van der Waals surface area contributed by atoms with Crippen molar-refractivity contribution < 1.29 is 4.39 Å². The Morgan fingerprint density at radius 1 is 1.41 bits per heavy atom. The van der Waals surface area contributed by atoms with Crippen LogP contribution in [0.3, 0.4) is 0 Å². The predicted molar refractivity (Wildman–Crippen MR) is 63.1 cm³/mol. The second-order valence-electron chi connectivity index (χ2n) is 4.30. The normalized spacial score (nSPS) is 18.6. The molecule has 2 aromatic rings. The van der Waals surface area contributed by atoms with Crippen LogP contribution in [-0.4, -0.2) is 20.8 Å². The molecule has 1 aliphatic heterocycles. The van der Waals surface area contributed by atoms with E-state index in [1.54, 1.807) is 22.9 Å². The Hall–Kier alpha value is -1.91. The van der Waals surface area contributed by atoms with Crippen molar-refractivity contribution in [2.24, 2.45) is 0 Å². The highest BCUT2D eigenvalue weighted by molar-refractivity contribution is 5.57. The molecule has 3 rings (SSSR count). The third-order valence-corrected chi connectivity index (χ3v) is 2.94. The minimum atomic E-state index is -0.288. The molecule has 1 unspecified atom stereocenters. The fourth-order valence-corrected chi connectivity index (χ4v) is 1.97. The first-order valence-electron chi connectivity index (χ1n) is 5.70. The minimum Gasteiger partial charge on any atom is -0.352 e. The van der Waals surface area contributed by atoms with Gasteiger partial charge < -0.3 is 5.32 Å². The van der Waals surface area contributed by atoms with Gasteiger partial charge in [0.25, 0.3) is 0 Å². The predicted octanol–water partition coefficient (Wildman–Crippen LogP) is 2.29. The summed E-state index contributed by atoms with van der Waals surface area (Å²) in [5.41, 5.74) is 0.448. The Labute approximate surface area is 98.5 Å². The number of hydrogen-bond acceptors (Lipinski definition) is 3. The molecule has 0 bridgehead atoms. The molecule has 5 heteroatoms. The molecule has 88 valence electrons. The van der Waals surface area contributed by atoms with E-state index in [4.69, 9.17) is 0 Å². The number of benzene rings is 1. The highest BCUT2D eigenvalue weighted by Gasteiger charge is 2.19. The van der Waals surface area contributed by atoms with Crippen LogP contribution in [0.2, 0.25) is 0 Å². The van der Waals surface area contributed by atoms with Gasteiger partial charge in [0.15, 0.2) is 5.82 Å². The second kappa shape index (κ2) is 3.84. The summed E-state index contributed by atoms with van der Waals surface area (Å²) in [6.07, 6.45) is 1.01. The van der Waals surface area contributed by atoms with Crippen LogP contribution in [0.1, 0.15) is 13.3 Å². The number of rotatable bonds is 1. The van der Waals surface area contributed by atoms with E-state index in [0.29, 0.717) is 17.4 Å². The van der Waals surface area contributed by atoms with E-state index in [-0.39, 0.29) is 5.82 Å². The van der Waals surface area contributed by atoms with Crippen LogP contribution in [0.5, 0.6) is 0 Å². The van der Waals surface area contributed by atoms with Gasteiger partial charge >= 0.3 is 0 Å². The molecule has 0 aliphatic carbocycles. The van der Waals surface area contributed by atoms with E-state index in [2.05, 4.69) is 22.3 Å². The zero-order valence-corrected chi connectivity index (χ0v) is 9.52. The van der Waals surface area contributed by atoms with E-state index >= 15 is 0 Å². The molecule has 0 spiro atoms. The maximum atomic E-state index is 13.6. The molecular weight excluding hydrogens is 219 g/mol. The SMILES string of the molecule is CC1CCn2nc(-c3ccccc3F)nc2N1. The summed E-state index contributed by atoms with van der Waals surface area (Å²) in [7, 11) is 0. The van der Waals surface area contributed by atoms with Crippen LogP contribution < -0.4 is 5.32 Å². The smallest absolute Gasteiger partial charge is 0.221 e. The average molecular weight is 232 g/mol. The van der Waals surface area contributed by atoms with Gasteiger partial charge in [-0.1, -0.05) is 12.1 Å². The lowest BCUT2D eigenvalue weighted by molar-refractivity contribution is 0.510. The molecular formula is C12H13FN4. The van der Waals surface area contributed by atoms with Gasteiger partial charge in [0.05, 0.1) is 5.56 Å². The van der Waals surface area contributed by atoms with Crippen molar-refractivity contribution in [2.45, 2.75) is 25.9 Å². The molecule has 0 radical (unpaired) electrons. The summed E-state index contributed by atoms with van der Waals surface area (Å²) in [5.74, 6) is 0.880. The molecule has 1 aromatic carbocycles. The van der Waals surface area contributed by atoms with Gasteiger partial charge in [0, 0.05) is 12.6 Å². The second-order valence-corrected chi connectivity index (χ2v) is 4.30. The molecule has 0 amide bonds. The number of nitrogens with one attached hydrogen (secondary N) is 1. The Kier molecular flexibility index (Phi) is 2.31. The number of anilines is 1. The highest BCUT2D eigenvalue weighted by atomic mass is 19.1. The Bertz CT molecular complexity index is 549. The molecule has 4 nitrogen and oxygen atoms in total. The summed E-state index contributed by atoms with van der Waals surface area (Å²) in [6, 6.07) is 6.95. The van der Waals surface area contributed by atoms with E-state index in [1.807, 2.05) is 0 Å². The molecule has 0 saturated carbocycles. The number of hydrogen-bond donors (Lipinski definition) is 1. The molecule has 1 aromatic heterocycles. The first kappa shape index (κ1) is 10.3. The zero-order chi connectivity index (χ0) is 11.8. The molecule has 17 heavy (non-hydrogen) atoms. The largest absolute Gasteiger partial charge is 0.352 e. The van der Waals surface area contributed by atoms with Crippen LogP contribution in [0.15, 0.2) is 24.3 Å². The van der Waals surface area contributed by atoms with Crippen molar-refractivity contribution >= 4 is 5.95 Å². The van der Waals surface area contributed by atoms with Gasteiger partial charge in [-0.2, -0.15) is 4.98 Å². The van der Waals surface area contributed by atoms with Gasteiger partial charge in [-0.3, -0.25) is 0 Å². The molecule has 1 aliphatic rings. The topological polar surface area (TPSA) is 42.7 Å². The summed E-state index contributed by atoms with van der Waals surface area (Å²) < 4.78 is 15.4. The fourth-order valence-electron chi connectivity index (χ4n) is 1.97. The molecule has 1 atom stereocenters. The lowest BCUT2D eigenvalue weighted by atomic mass is 10.2. The number of fused-ring (bicyclic) bond motifs is 1. The minimum absolute atomic E-state index is 0.288. The van der Waals surface area contributed by atoms with E-state index in [1.165, 1.54) is 6.07 Å². The van der Waals surface area contributed by atoms with Crippen molar-refractivity contribution in [1.29, 1.82) is 0 Å². The van der Waals surface area contributed by atoms with E-state index < -0.39 is 0 Å². The fraction of sp³-hybridized carbons (Fsp3) is 0.333. The van der Waals surface area contributed by atoms with Crippen LogP contribution in [0.4, 0.5) is 10.3 Å². The van der Waals surface area contributed by atoms with Gasteiger partial charge in [-0.15, -0.1) is 5.10 Å². The van der Waals surface area contributed by atoms with Crippen LogP contribution >= 0.6 is 0 Å². The van der Waals surface area contributed by atoms with E-state index in [0.717, 1.165) is 18.9 Å². The third-order valence-electron chi connectivity index (χ3n) is 2.94. The molecule has 0 saturated heterocycles. The van der Waals surface area contributed by atoms with Crippen molar-refractivity contribution in [3.63, 3.8) is 0 Å². The maximum absolute atomic E-state index is 13.6. The van der Waals surface area contributed by atoms with Crippen LogP contribution in [-0.2, 0) is 6.54 Å². The van der Waals surface area contributed by atoms with Crippen molar-refractivity contribution in [3.05, 3.63) is 30.1 Å². The summed E-state index contributed by atoms with van der Waals surface area (Å²) in [4.78, 5) is 4.33. The third kappa shape index (κ3) is 1.77. The van der Waals surface area contributed by atoms with Gasteiger partial charge in [-0.05, 0) is 25.5 Å². The number of halogens is 1. The van der Waals surface area contributed by atoms with Crippen molar-refractivity contribution in [1.82, 2.24) is 14.8 Å². The Morgan fingerprint density at radius 3 is 3.06 bits per heavy atom. The number of aryl methyl sites for hydroxylation is 1. The number of nitrogens with zero attached hydrogens (tertiary/aromatic N) is 3. The maximum Gasteiger partial charge on any atom is 0.221 e. The Balaban J connectivity index is 2.03. The first-order valence-corrected chi connectivity index (χ1v) is 5.70. The quantitative estimate of drug-likeness (QED) is 0.820. The first-order chi connectivity index (χ1) is 8.24. The zero-order valence-electron chi connectivity index (χ0n) is 9.52. The van der Waals surface area contributed by atoms with Crippen LogP contribution in [0, 0.1) is 5.82 Å². The number of aromatic nitrogens is 3. The van der Waals surface area contributed by atoms with Crippen molar-refractivity contribution in [2.75, 3.05) is 5.32 Å². The molecule has 0 fully saturated rings. The summed E-state index contributed by atoms with van der Waals surface area (Å²) >= 11 is 0. The standard InChI is InChI=1S/C12H13FN4/c1-8-6-7-17-12(14-8)15-11(16-17)9-4-2-3-5-10(9)13/h2-5,8H,6-7H2,1H3,(H,14,15,16). The van der Waals surface area contributed by atoms with Gasteiger partial charge in [0.2, 0.25) is 5.95 Å². The van der Waals surface area contributed by atoms with Gasteiger partial charge in [-0.25, -0.2) is 9.07 Å². The summed E-state index contributed by atoms with van der Waals surface area (Å²) in [5, 5.41) is 7.56. The molecule has 1 N–H and O–H groups in total. The van der Waals surface area contributed by atoms with Crippen LogP contribution in [0.25, 0.3) is 11.4 Å². The van der Waals surface area contributed by atoms with E-state index in [9.17, 15) is 4.39 Å². The summed E-state index contributed by atoms with van der Waals surface area (Å²) in [6.45, 7) is 2.92. The van der Waals surface area contributed by atoms with Gasteiger partial charge in [0.1, 0.15) is 5.82 Å². The Morgan fingerprint density at radius 2 is 2.24 bits per heavy atom. The lowest BCUT2D eigenvalue weighted by Gasteiger charge is -2.20. The highest BCUT2D eigenvalue weighted by Crippen LogP contribution is 2.23. The van der Waals surface area contributed by atoms with Crippen molar-refractivity contribution in [3.8, 4) is 11.4 Å². The lowest BCUT2D eigenvalue weighted by Crippen LogP contribution is -2.26. The molecule has 2 heterocycles. The monoisotopic (exact) mass is 232 g/mol.